The van der Waals surface area contributed by atoms with Gasteiger partial charge in [-0.15, -0.1) is 0 Å². The highest BCUT2D eigenvalue weighted by Gasteiger charge is 2.26. The van der Waals surface area contributed by atoms with E-state index in [0.29, 0.717) is 11.4 Å². The number of hydrogen-bond donors (Lipinski definition) is 0. The van der Waals surface area contributed by atoms with E-state index >= 15 is 0 Å². The second-order valence-electron chi connectivity index (χ2n) is 6.14. The zero-order valence-corrected chi connectivity index (χ0v) is 14.6. The minimum Gasteiger partial charge on any atom is -0.369 e. The highest BCUT2D eigenvalue weighted by molar-refractivity contribution is 5.78. The van der Waals surface area contributed by atoms with Crippen LogP contribution in [0.3, 0.4) is 0 Å². The summed E-state index contributed by atoms with van der Waals surface area (Å²) in [5.74, 6) is 1.34. The highest BCUT2D eigenvalue weighted by Crippen LogP contribution is 2.37. The van der Waals surface area contributed by atoms with Gasteiger partial charge in [0.05, 0.1) is 23.1 Å². The first-order chi connectivity index (χ1) is 12.7. The Bertz CT molecular complexity index is 1010. The van der Waals surface area contributed by atoms with Crippen molar-refractivity contribution in [3.63, 3.8) is 0 Å². The van der Waals surface area contributed by atoms with E-state index in [1.54, 1.807) is 12.4 Å². The van der Waals surface area contributed by atoms with Gasteiger partial charge < -0.3 is 9.80 Å². The third kappa shape index (κ3) is 2.71. The lowest BCUT2D eigenvalue weighted by Gasteiger charge is -2.35. The quantitative estimate of drug-likeness (QED) is 0.707. The molecule has 0 aromatic carbocycles. The van der Waals surface area contributed by atoms with Gasteiger partial charge in [0.1, 0.15) is 11.8 Å². The smallest absolute Gasteiger partial charge is 0.180 e. The van der Waals surface area contributed by atoms with E-state index in [2.05, 4.69) is 30.8 Å². The van der Waals surface area contributed by atoms with E-state index < -0.39 is 0 Å². The van der Waals surface area contributed by atoms with Gasteiger partial charge in [-0.05, 0) is 25.1 Å². The Kier molecular flexibility index (Phi) is 3.93. The molecule has 3 aromatic rings. The Morgan fingerprint density at radius 1 is 1.08 bits per heavy atom. The normalized spacial score (nSPS) is 13.3. The van der Waals surface area contributed by atoms with Crippen molar-refractivity contribution in [3.05, 3.63) is 54.1 Å². The van der Waals surface area contributed by atoms with E-state index in [1.165, 1.54) is 0 Å². The minimum absolute atomic E-state index is 0.525. The van der Waals surface area contributed by atoms with Crippen molar-refractivity contribution in [2.75, 3.05) is 29.9 Å². The number of aryl methyl sites for hydroxylation is 1. The maximum Gasteiger partial charge on any atom is 0.180 e. The summed E-state index contributed by atoms with van der Waals surface area (Å²) in [5, 5.41) is 9.44. The Labute approximate surface area is 151 Å². The second-order valence-corrected chi connectivity index (χ2v) is 6.14. The van der Waals surface area contributed by atoms with Gasteiger partial charge in [-0.3, -0.25) is 4.98 Å². The lowest BCUT2D eigenvalue weighted by molar-refractivity contribution is 0.800. The average Bonchev–Trinajstić information content (AvgIpc) is 2.68. The number of nitrogens with zero attached hydrogens (tertiary/aromatic N) is 7. The van der Waals surface area contributed by atoms with Crippen LogP contribution >= 0.6 is 0 Å². The SMILES string of the molecule is Cc1cccc(-c2ncc3c(n2)N(c2ccncc2C#N)CCN3C)n1. The van der Waals surface area contributed by atoms with Crippen LogP contribution in [0.5, 0.6) is 0 Å². The minimum atomic E-state index is 0.525. The number of rotatable bonds is 2. The Morgan fingerprint density at radius 2 is 1.96 bits per heavy atom. The number of hydrogen-bond acceptors (Lipinski definition) is 7. The van der Waals surface area contributed by atoms with E-state index in [0.717, 1.165) is 41.7 Å². The predicted molar refractivity (Wildman–Crippen MR) is 99.2 cm³/mol. The van der Waals surface area contributed by atoms with Gasteiger partial charge in [-0.1, -0.05) is 6.07 Å². The molecule has 0 bridgehead atoms. The number of fused-ring (bicyclic) bond motifs is 1. The maximum absolute atomic E-state index is 9.44. The molecule has 0 radical (unpaired) electrons. The number of aromatic nitrogens is 4. The van der Waals surface area contributed by atoms with Gasteiger partial charge in [0.2, 0.25) is 0 Å². The maximum atomic E-state index is 9.44. The molecule has 128 valence electrons. The summed E-state index contributed by atoms with van der Waals surface area (Å²) < 4.78 is 0. The summed E-state index contributed by atoms with van der Waals surface area (Å²) in [6.07, 6.45) is 5.09. The van der Waals surface area contributed by atoms with Crippen molar-refractivity contribution in [3.8, 4) is 17.6 Å². The molecule has 0 N–H and O–H groups in total. The summed E-state index contributed by atoms with van der Waals surface area (Å²) in [6, 6.07) is 9.85. The molecule has 1 aliphatic rings. The molecule has 0 unspecified atom stereocenters. The molecule has 0 amide bonds. The summed E-state index contributed by atoms with van der Waals surface area (Å²) in [7, 11) is 2.02. The van der Waals surface area contributed by atoms with Gasteiger partial charge in [-0.25, -0.2) is 15.0 Å². The van der Waals surface area contributed by atoms with Crippen LogP contribution in [-0.2, 0) is 0 Å². The van der Waals surface area contributed by atoms with Gasteiger partial charge in [0.15, 0.2) is 11.6 Å². The summed E-state index contributed by atoms with van der Waals surface area (Å²) in [6.45, 7) is 3.48. The van der Waals surface area contributed by atoms with Crippen molar-refractivity contribution in [1.82, 2.24) is 19.9 Å². The summed E-state index contributed by atoms with van der Waals surface area (Å²) in [5.41, 5.74) is 3.90. The van der Waals surface area contributed by atoms with E-state index in [1.807, 2.05) is 44.4 Å². The molecule has 7 nitrogen and oxygen atoms in total. The van der Waals surface area contributed by atoms with Crippen LogP contribution in [0.2, 0.25) is 0 Å². The number of likely N-dealkylation sites (N-methyl/N-ethyl adjacent to an activating group) is 1. The summed E-state index contributed by atoms with van der Waals surface area (Å²) in [4.78, 5) is 22.0. The number of anilines is 3. The zero-order valence-electron chi connectivity index (χ0n) is 14.6. The van der Waals surface area contributed by atoms with Crippen molar-refractivity contribution in [2.24, 2.45) is 0 Å². The van der Waals surface area contributed by atoms with Crippen LogP contribution < -0.4 is 9.80 Å². The molecule has 0 saturated carbocycles. The van der Waals surface area contributed by atoms with Crippen LogP contribution in [-0.4, -0.2) is 40.1 Å². The molecule has 7 heteroatoms. The van der Waals surface area contributed by atoms with Crippen LogP contribution in [0.1, 0.15) is 11.3 Å². The standard InChI is InChI=1S/C19H17N7/c1-13-4-3-5-15(23-13)18-22-12-17-19(24-18)26(9-8-25(17)2)16-6-7-21-11-14(16)10-20/h3-7,11-12H,8-9H2,1-2H3. The Balaban J connectivity index is 1.86. The molecule has 26 heavy (non-hydrogen) atoms. The van der Waals surface area contributed by atoms with E-state index in [-0.39, 0.29) is 0 Å². The molecular formula is C19H17N7. The Morgan fingerprint density at radius 3 is 2.77 bits per heavy atom. The third-order valence-corrected chi connectivity index (χ3v) is 4.40. The fraction of sp³-hybridized carbons (Fsp3) is 0.211. The number of pyridine rings is 2. The largest absolute Gasteiger partial charge is 0.369 e. The molecule has 3 aromatic heterocycles. The molecule has 0 aliphatic carbocycles. The van der Waals surface area contributed by atoms with Crippen LogP contribution in [0.15, 0.2) is 42.9 Å². The average molecular weight is 343 g/mol. The predicted octanol–water partition coefficient (Wildman–Crippen LogP) is 2.70. The molecule has 0 fully saturated rings. The fourth-order valence-corrected chi connectivity index (χ4v) is 3.04. The molecule has 0 saturated heterocycles. The first kappa shape index (κ1) is 16.0. The Hall–Kier alpha value is -3.53. The summed E-state index contributed by atoms with van der Waals surface area (Å²) >= 11 is 0. The molecule has 0 spiro atoms. The van der Waals surface area contributed by atoms with Crippen LogP contribution in [0.25, 0.3) is 11.5 Å². The van der Waals surface area contributed by atoms with Crippen LogP contribution in [0.4, 0.5) is 17.2 Å². The lowest BCUT2D eigenvalue weighted by atomic mass is 10.2. The zero-order chi connectivity index (χ0) is 18.1. The van der Waals surface area contributed by atoms with Crippen molar-refractivity contribution < 1.29 is 0 Å². The van der Waals surface area contributed by atoms with E-state index in [9.17, 15) is 5.26 Å². The van der Waals surface area contributed by atoms with Gasteiger partial charge in [0, 0.05) is 38.2 Å². The van der Waals surface area contributed by atoms with Crippen molar-refractivity contribution in [2.45, 2.75) is 6.92 Å². The van der Waals surface area contributed by atoms with Crippen molar-refractivity contribution in [1.29, 1.82) is 5.26 Å². The molecule has 4 heterocycles. The monoisotopic (exact) mass is 343 g/mol. The second kappa shape index (κ2) is 6.41. The molecular weight excluding hydrogens is 326 g/mol. The molecule has 4 rings (SSSR count). The topological polar surface area (TPSA) is 81.8 Å². The fourth-order valence-electron chi connectivity index (χ4n) is 3.04. The van der Waals surface area contributed by atoms with Gasteiger partial charge in [0.25, 0.3) is 0 Å². The first-order valence-corrected chi connectivity index (χ1v) is 8.31. The molecule has 1 aliphatic heterocycles. The van der Waals surface area contributed by atoms with E-state index in [4.69, 9.17) is 4.98 Å². The third-order valence-electron chi connectivity index (χ3n) is 4.40. The van der Waals surface area contributed by atoms with Gasteiger partial charge >= 0.3 is 0 Å². The van der Waals surface area contributed by atoms with Crippen LogP contribution in [0, 0.1) is 18.3 Å². The van der Waals surface area contributed by atoms with Gasteiger partial charge in [-0.2, -0.15) is 5.26 Å². The van der Waals surface area contributed by atoms with Crippen molar-refractivity contribution >= 4 is 17.2 Å². The lowest BCUT2D eigenvalue weighted by Crippen LogP contribution is -2.37. The number of nitriles is 1. The highest BCUT2D eigenvalue weighted by atomic mass is 15.3. The first-order valence-electron chi connectivity index (χ1n) is 8.31. The molecule has 0 atom stereocenters.